The Morgan fingerprint density at radius 1 is 1.07 bits per heavy atom. The summed E-state index contributed by atoms with van der Waals surface area (Å²) in [5.74, 6) is 0.593. The van der Waals surface area contributed by atoms with Crippen molar-refractivity contribution in [1.82, 2.24) is 9.88 Å². The van der Waals surface area contributed by atoms with Crippen molar-refractivity contribution >= 4 is 5.91 Å². The van der Waals surface area contributed by atoms with Gasteiger partial charge in [-0.3, -0.25) is 9.78 Å². The number of carbonyl (C=O) groups excluding carboxylic acids is 1. The Kier molecular flexibility index (Phi) is 5.13. The van der Waals surface area contributed by atoms with Crippen LogP contribution in [0.5, 0.6) is 0 Å². The van der Waals surface area contributed by atoms with E-state index in [1.165, 1.54) is 41.5 Å². The maximum absolute atomic E-state index is 13.1. The standard InChI is InChI=1S/C25H30N2O2/c1-17-14-20-22(16-29-17)21-15-27(25(28)19-10-6-3-7-11-19)13-12-23(21)26-24(20)18-8-4-2-5-9-18/h2,4-5,8-9,17,19H,3,6-7,10-16H2,1H3/t17-/m0/s1. The molecule has 2 aromatic rings. The van der Waals surface area contributed by atoms with Crippen molar-refractivity contribution < 1.29 is 9.53 Å². The van der Waals surface area contributed by atoms with E-state index in [2.05, 4.69) is 42.2 Å². The highest BCUT2D eigenvalue weighted by Gasteiger charge is 2.32. The van der Waals surface area contributed by atoms with Gasteiger partial charge in [-0.05, 0) is 36.5 Å². The van der Waals surface area contributed by atoms with Crippen molar-refractivity contribution in [3.05, 3.63) is 52.7 Å². The summed E-state index contributed by atoms with van der Waals surface area (Å²) in [5.41, 5.74) is 7.31. The average molecular weight is 391 g/mol. The van der Waals surface area contributed by atoms with E-state index in [0.29, 0.717) is 19.1 Å². The summed E-state index contributed by atoms with van der Waals surface area (Å²) < 4.78 is 6.04. The summed E-state index contributed by atoms with van der Waals surface area (Å²) in [4.78, 5) is 20.4. The number of fused-ring (bicyclic) bond motifs is 3. The number of ether oxygens (including phenoxy) is 1. The lowest BCUT2D eigenvalue weighted by Gasteiger charge is -2.36. The molecule has 1 fully saturated rings. The first kappa shape index (κ1) is 18.8. The molecule has 0 saturated heterocycles. The average Bonchev–Trinajstić information content (AvgIpc) is 2.78. The van der Waals surface area contributed by atoms with Gasteiger partial charge in [0.1, 0.15) is 0 Å². The number of hydrogen-bond donors (Lipinski definition) is 0. The van der Waals surface area contributed by atoms with Gasteiger partial charge < -0.3 is 9.64 Å². The number of benzene rings is 1. The fourth-order valence-electron chi connectivity index (χ4n) is 5.27. The van der Waals surface area contributed by atoms with E-state index in [9.17, 15) is 4.79 Å². The summed E-state index contributed by atoms with van der Waals surface area (Å²) in [6.45, 7) is 4.26. The monoisotopic (exact) mass is 390 g/mol. The molecule has 3 aliphatic rings. The van der Waals surface area contributed by atoms with Crippen LogP contribution in [0.2, 0.25) is 0 Å². The van der Waals surface area contributed by atoms with Gasteiger partial charge in [-0.15, -0.1) is 0 Å². The highest BCUT2D eigenvalue weighted by molar-refractivity contribution is 5.79. The first-order chi connectivity index (χ1) is 14.2. The molecule has 1 aliphatic carbocycles. The van der Waals surface area contributed by atoms with E-state index in [1.54, 1.807) is 0 Å². The topological polar surface area (TPSA) is 42.4 Å². The van der Waals surface area contributed by atoms with Gasteiger partial charge in [0.15, 0.2) is 0 Å². The molecule has 5 rings (SSSR count). The van der Waals surface area contributed by atoms with Crippen LogP contribution in [0.3, 0.4) is 0 Å². The zero-order valence-corrected chi connectivity index (χ0v) is 17.3. The molecule has 0 unspecified atom stereocenters. The Labute approximate surface area is 173 Å². The van der Waals surface area contributed by atoms with Crippen molar-refractivity contribution in [2.45, 2.75) is 71.1 Å². The van der Waals surface area contributed by atoms with Gasteiger partial charge in [-0.25, -0.2) is 0 Å². The second-order valence-corrected chi connectivity index (χ2v) is 8.88. The Morgan fingerprint density at radius 2 is 1.86 bits per heavy atom. The first-order valence-electron chi connectivity index (χ1n) is 11.2. The van der Waals surface area contributed by atoms with Gasteiger partial charge in [0, 0.05) is 43.1 Å². The third-order valence-electron chi connectivity index (χ3n) is 6.89. The molecule has 152 valence electrons. The molecule has 0 spiro atoms. The molecule has 3 heterocycles. The molecule has 1 atom stereocenters. The van der Waals surface area contributed by atoms with Crippen molar-refractivity contribution in [2.75, 3.05) is 6.54 Å². The van der Waals surface area contributed by atoms with Crippen LogP contribution in [0.1, 0.15) is 61.4 Å². The van der Waals surface area contributed by atoms with Crippen LogP contribution in [-0.4, -0.2) is 28.4 Å². The smallest absolute Gasteiger partial charge is 0.225 e. The summed E-state index contributed by atoms with van der Waals surface area (Å²) in [7, 11) is 0. The predicted octanol–water partition coefficient (Wildman–Crippen LogP) is 4.67. The van der Waals surface area contributed by atoms with E-state index < -0.39 is 0 Å². The first-order valence-corrected chi connectivity index (χ1v) is 11.2. The predicted molar refractivity (Wildman–Crippen MR) is 113 cm³/mol. The van der Waals surface area contributed by atoms with E-state index in [-0.39, 0.29) is 12.0 Å². The molecular formula is C25H30N2O2. The maximum atomic E-state index is 13.1. The lowest BCUT2D eigenvalue weighted by atomic mass is 9.86. The molecular weight excluding hydrogens is 360 g/mol. The molecule has 1 aromatic carbocycles. The number of carbonyl (C=O) groups is 1. The molecule has 2 aliphatic heterocycles. The van der Waals surface area contributed by atoms with Crippen LogP contribution in [0.15, 0.2) is 30.3 Å². The van der Waals surface area contributed by atoms with Gasteiger partial charge >= 0.3 is 0 Å². The number of rotatable bonds is 2. The quantitative estimate of drug-likeness (QED) is 0.748. The molecule has 29 heavy (non-hydrogen) atoms. The highest BCUT2D eigenvalue weighted by Crippen LogP contribution is 2.36. The Balaban J connectivity index is 1.51. The fourth-order valence-corrected chi connectivity index (χ4v) is 5.27. The number of hydrogen-bond acceptors (Lipinski definition) is 3. The number of pyridine rings is 1. The normalized spacial score (nSPS) is 22.1. The summed E-state index contributed by atoms with van der Waals surface area (Å²) >= 11 is 0. The van der Waals surface area contributed by atoms with Gasteiger partial charge in [-0.1, -0.05) is 49.6 Å². The molecule has 1 aromatic heterocycles. The number of nitrogens with zero attached hydrogens (tertiary/aromatic N) is 2. The van der Waals surface area contributed by atoms with Gasteiger partial charge in [-0.2, -0.15) is 0 Å². The zero-order valence-electron chi connectivity index (χ0n) is 17.3. The SMILES string of the molecule is C[C@H]1Cc2c(-c3ccccc3)nc3c(c2CO1)CN(C(=O)C1CCCCC1)CC3. The zero-order chi connectivity index (χ0) is 19.8. The van der Waals surface area contributed by atoms with Gasteiger partial charge in [0.05, 0.1) is 18.4 Å². The Hall–Kier alpha value is -2.20. The van der Waals surface area contributed by atoms with Gasteiger partial charge in [0.2, 0.25) is 5.91 Å². The molecule has 4 heteroatoms. The van der Waals surface area contributed by atoms with Crippen LogP contribution in [0.4, 0.5) is 0 Å². The summed E-state index contributed by atoms with van der Waals surface area (Å²) in [6.07, 6.45) is 7.73. The van der Waals surface area contributed by atoms with Gasteiger partial charge in [0.25, 0.3) is 0 Å². The van der Waals surface area contributed by atoms with Crippen molar-refractivity contribution in [2.24, 2.45) is 5.92 Å². The molecule has 0 bridgehead atoms. The van der Waals surface area contributed by atoms with E-state index in [4.69, 9.17) is 9.72 Å². The molecule has 4 nitrogen and oxygen atoms in total. The minimum atomic E-state index is 0.202. The van der Waals surface area contributed by atoms with Crippen LogP contribution in [-0.2, 0) is 35.5 Å². The second kappa shape index (κ2) is 7.91. The Bertz CT molecular complexity index is 903. The van der Waals surface area contributed by atoms with Crippen LogP contribution < -0.4 is 0 Å². The van der Waals surface area contributed by atoms with Crippen molar-refractivity contribution in [1.29, 1.82) is 0 Å². The lowest BCUT2D eigenvalue weighted by molar-refractivity contribution is -0.137. The molecule has 0 radical (unpaired) electrons. The molecule has 1 saturated carbocycles. The molecule has 1 amide bonds. The minimum absolute atomic E-state index is 0.202. The van der Waals surface area contributed by atoms with Crippen LogP contribution in [0.25, 0.3) is 11.3 Å². The maximum Gasteiger partial charge on any atom is 0.225 e. The van der Waals surface area contributed by atoms with Crippen LogP contribution in [0, 0.1) is 5.92 Å². The van der Waals surface area contributed by atoms with E-state index in [0.717, 1.165) is 43.6 Å². The van der Waals surface area contributed by atoms with Crippen molar-refractivity contribution in [3.8, 4) is 11.3 Å². The number of amides is 1. The van der Waals surface area contributed by atoms with Crippen LogP contribution >= 0.6 is 0 Å². The summed E-state index contributed by atoms with van der Waals surface area (Å²) in [5, 5.41) is 0. The Morgan fingerprint density at radius 3 is 2.66 bits per heavy atom. The largest absolute Gasteiger partial charge is 0.373 e. The summed E-state index contributed by atoms with van der Waals surface area (Å²) in [6, 6.07) is 10.5. The fraction of sp³-hybridized carbons (Fsp3) is 0.520. The van der Waals surface area contributed by atoms with E-state index in [1.807, 2.05) is 0 Å². The second-order valence-electron chi connectivity index (χ2n) is 8.88. The van der Waals surface area contributed by atoms with E-state index >= 15 is 0 Å². The third-order valence-corrected chi connectivity index (χ3v) is 6.89. The van der Waals surface area contributed by atoms with Crippen molar-refractivity contribution in [3.63, 3.8) is 0 Å². The highest BCUT2D eigenvalue weighted by atomic mass is 16.5. The number of aromatic nitrogens is 1. The lowest BCUT2D eigenvalue weighted by Crippen LogP contribution is -2.41. The molecule has 0 N–H and O–H groups in total. The third kappa shape index (κ3) is 3.59. The minimum Gasteiger partial charge on any atom is -0.373 e.